The van der Waals surface area contributed by atoms with Crippen molar-refractivity contribution in [3.8, 4) is 11.5 Å². The molecule has 10 heteroatoms. The zero-order valence-electron chi connectivity index (χ0n) is 20.9. The zero-order valence-corrected chi connectivity index (χ0v) is 21.7. The average molecular weight is 529 g/mol. The molecule has 2 aliphatic heterocycles. The number of aliphatic hydroxyl groups is 1. The molecule has 0 spiro atoms. The fraction of sp³-hybridized carbons (Fsp3) is 0.444. The molecule has 0 aliphatic carbocycles. The fourth-order valence-electron chi connectivity index (χ4n) is 4.23. The van der Waals surface area contributed by atoms with E-state index in [1.54, 1.807) is 17.0 Å². The maximum absolute atomic E-state index is 12.7. The largest absolute Gasteiger partial charge is 0.491 e. The fourth-order valence-corrected chi connectivity index (χ4v) is 4.47. The first kappa shape index (κ1) is 26.9. The zero-order chi connectivity index (χ0) is 26.2. The van der Waals surface area contributed by atoms with E-state index in [0.29, 0.717) is 43.2 Å². The van der Waals surface area contributed by atoms with Crippen molar-refractivity contribution in [3.63, 3.8) is 0 Å². The van der Waals surface area contributed by atoms with Crippen LogP contribution in [-0.4, -0.2) is 72.5 Å². The van der Waals surface area contributed by atoms with Crippen molar-refractivity contribution < 1.29 is 24.2 Å². The lowest BCUT2D eigenvalue weighted by Crippen LogP contribution is -2.48. The van der Waals surface area contributed by atoms with Gasteiger partial charge < -0.3 is 24.8 Å². The summed E-state index contributed by atoms with van der Waals surface area (Å²) in [6, 6.07) is 13.2. The van der Waals surface area contributed by atoms with Crippen molar-refractivity contribution in [2.75, 3.05) is 32.8 Å². The van der Waals surface area contributed by atoms with E-state index in [0.717, 1.165) is 35.4 Å². The van der Waals surface area contributed by atoms with Crippen molar-refractivity contribution in [2.24, 2.45) is 5.10 Å². The van der Waals surface area contributed by atoms with Gasteiger partial charge in [0, 0.05) is 38.5 Å². The van der Waals surface area contributed by atoms with Gasteiger partial charge in [-0.3, -0.25) is 9.59 Å². The van der Waals surface area contributed by atoms with E-state index in [2.05, 4.69) is 15.8 Å². The van der Waals surface area contributed by atoms with Crippen molar-refractivity contribution >= 4 is 29.1 Å². The summed E-state index contributed by atoms with van der Waals surface area (Å²) >= 11 is 6.36. The highest BCUT2D eigenvalue weighted by Crippen LogP contribution is 2.27. The predicted octanol–water partition coefficient (Wildman–Crippen LogP) is 2.66. The molecule has 0 saturated carbocycles. The molecule has 2 aliphatic rings. The molecule has 0 aromatic heterocycles. The summed E-state index contributed by atoms with van der Waals surface area (Å²) in [6.45, 7) is 3.81. The Kier molecular flexibility index (Phi) is 9.38. The summed E-state index contributed by atoms with van der Waals surface area (Å²) in [5, 5.41) is 18.1. The average Bonchev–Trinajstić information content (AvgIpc) is 2.91. The van der Waals surface area contributed by atoms with Crippen LogP contribution in [0.5, 0.6) is 11.5 Å². The third-order valence-electron chi connectivity index (χ3n) is 6.47. The lowest BCUT2D eigenvalue weighted by atomic mass is 10.0. The predicted molar refractivity (Wildman–Crippen MR) is 141 cm³/mol. The molecule has 198 valence electrons. The summed E-state index contributed by atoms with van der Waals surface area (Å²) in [5.74, 6) is 0.973. The molecule has 9 nitrogen and oxygen atoms in total. The molecule has 2 heterocycles. The van der Waals surface area contributed by atoms with E-state index in [9.17, 15) is 14.7 Å². The molecule has 0 radical (unpaired) electrons. The minimum atomic E-state index is -0.616. The number of nitrogens with one attached hydrogen (secondary N) is 2. The second kappa shape index (κ2) is 12.9. The maximum atomic E-state index is 12.7. The molecular weight excluding hydrogens is 496 g/mol. The number of aliphatic hydroxyl groups excluding tert-OH is 1. The number of benzene rings is 2. The monoisotopic (exact) mass is 528 g/mol. The van der Waals surface area contributed by atoms with Gasteiger partial charge >= 0.3 is 0 Å². The Bertz CT molecular complexity index is 1120. The van der Waals surface area contributed by atoms with Crippen LogP contribution in [0.1, 0.15) is 36.8 Å². The number of carbonyl (C=O) groups excluding carboxylic acids is 2. The summed E-state index contributed by atoms with van der Waals surface area (Å²) < 4.78 is 11.3. The number of carbonyl (C=O) groups is 2. The van der Waals surface area contributed by atoms with Gasteiger partial charge in [0.2, 0.25) is 5.91 Å². The van der Waals surface area contributed by atoms with Crippen LogP contribution < -0.4 is 20.2 Å². The summed E-state index contributed by atoms with van der Waals surface area (Å²) in [4.78, 5) is 25.7. The third kappa shape index (κ3) is 7.92. The molecule has 3 N–H and O–H groups in total. The number of hydrogen-bond acceptors (Lipinski definition) is 7. The number of ether oxygens (including phenoxy) is 2. The Labute approximate surface area is 221 Å². The van der Waals surface area contributed by atoms with Crippen molar-refractivity contribution in [3.05, 3.63) is 58.6 Å². The van der Waals surface area contributed by atoms with E-state index < -0.39 is 6.10 Å². The Hall–Kier alpha value is -3.14. The number of rotatable bonds is 10. The molecule has 0 bridgehead atoms. The van der Waals surface area contributed by atoms with E-state index in [4.69, 9.17) is 21.1 Å². The lowest BCUT2D eigenvalue weighted by Gasteiger charge is -2.33. The normalized spacial score (nSPS) is 17.1. The SMILES string of the molecule is Cc1ccc(OCC(O)CNC2CCN(C(=O)COc3ccc(C4=NNC(=O)CC4)cc3Cl)CC2)cc1. The van der Waals surface area contributed by atoms with Crippen molar-refractivity contribution in [2.45, 2.75) is 44.8 Å². The van der Waals surface area contributed by atoms with Gasteiger partial charge in [-0.2, -0.15) is 5.10 Å². The number of halogens is 1. The van der Waals surface area contributed by atoms with Gasteiger partial charge in [-0.05, 0) is 55.7 Å². The lowest BCUT2D eigenvalue weighted by molar-refractivity contribution is -0.134. The number of amides is 2. The second-order valence-corrected chi connectivity index (χ2v) is 9.78. The van der Waals surface area contributed by atoms with Gasteiger partial charge in [-0.15, -0.1) is 0 Å². The first-order chi connectivity index (χ1) is 17.9. The maximum Gasteiger partial charge on any atom is 0.260 e. The van der Waals surface area contributed by atoms with Crippen LogP contribution in [0, 0.1) is 6.92 Å². The highest BCUT2D eigenvalue weighted by molar-refractivity contribution is 6.32. The van der Waals surface area contributed by atoms with Crippen LogP contribution in [0.15, 0.2) is 47.6 Å². The number of nitrogens with zero attached hydrogens (tertiary/aromatic N) is 2. The summed E-state index contributed by atoms with van der Waals surface area (Å²) in [6.07, 6.45) is 1.91. The van der Waals surface area contributed by atoms with Crippen molar-refractivity contribution in [1.82, 2.24) is 15.6 Å². The van der Waals surface area contributed by atoms with Gasteiger partial charge in [0.05, 0.1) is 10.7 Å². The standard InChI is InChI=1S/C27H33ClN4O5/c1-18-2-5-22(6-3-18)36-16-21(33)15-29-20-10-12-32(13-11-20)27(35)17-37-25-8-4-19(14-23(25)28)24-7-9-26(34)31-30-24/h2-6,8,14,20-21,29,33H,7,9-13,15-17H2,1H3,(H,31,34). The molecule has 1 atom stereocenters. The third-order valence-corrected chi connectivity index (χ3v) is 6.77. The number of hydrogen-bond donors (Lipinski definition) is 3. The first-order valence-corrected chi connectivity index (χ1v) is 12.9. The number of aryl methyl sites for hydroxylation is 1. The Morgan fingerprint density at radius 2 is 1.95 bits per heavy atom. The van der Waals surface area contributed by atoms with Gasteiger partial charge in [0.25, 0.3) is 5.91 Å². The van der Waals surface area contributed by atoms with E-state index in [1.807, 2.05) is 37.3 Å². The topological polar surface area (TPSA) is 112 Å². The molecular formula is C27H33ClN4O5. The number of likely N-dealkylation sites (tertiary alicyclic amines) is 1. The highest BCUT2D eigenvalue weighted by atomic mass is 35.5. The number of piperidine rings is 1. The molecule has 2 aromatic carbocycles. The second-order valence-electron chi connectivity index (χ2n) is 9.37. The minimum Gasteiger partial charge on any atom is -0.491 e. The molecule has 1 fully saturated rings. The van der Waals surface area contributed by atoms with Crippen LogP contribution in [0.4, 0.5) is 0 Å². The Morgan fingerprint density at radius 3 is 2.62 bits per heavy atom. The molecule has 1 unspecified atom stereocenters. The van der Waals surface area contributed by atoms with Crippen LogP contribution >= 0.6 is 11.6 Å². The van der Waals surface area contributed by atoms with Gasteiger partial charge in [0.15, 0.2) is 6.61 Å². The quantitative estimate of drug-likeness (QED) is 0.437. The van der Waals surface area contributed by atoms with Crippen LogP contribution in [0.3, 0.4) is 0 Å². The number of hydrazone groups is 1. The molecule has 1 saturated heterocycles. The molecule has 37 heavy (non-hydrogen) atoms. The van der Waals surface area contributed by atoms with E-state index in [-0.39, 0.29) is 31.1 Å². The smallest absolute Gasteiger partial charge is 0.260 e. The van der Waals surface area contributed by atoms with Gasteiger partial charge in [0.1, 0.15) is 24.2 Å². The highest BCUT2D eigenvalue weighted by Gasteiger charge is 2.24. The van der Waals surface area contributed by atoms with Crippen LogP contribution in [0.25, 0.3) is 0 Å². The summed E-state index contributed by atoms with van der Waals surface area (Å²) in [7, 11) is 0. The van der Waals surface area contributed by atoms with Gasteiger partial charge in [-0.25, -0.2) is 5.43 Å². The van der Waals surface area contributed by atoms with Gasteiger partial charge in [-0.1, -0.05) is 29.3 Å². The van der Waals surface area contributed by atoms with Crippen molar-refractivity contribution in [1.29, 1.82) is 0 Å². The summed E-state index contributed by atoms with van der Waals surface area (Å²) in [5.41, 5.74) is 5.20. The van der Waals surface area contributed by atoms with Crippen LogP contribution in [0.2, 0.25) is 5.02 Å². The molecule has 2 amide bonds. The minimum absolute atomic E-state index is 0.0931. The molecule has 2 aromatic rings. The van der Waals surface area contributed by atoms with Crippen LogP contribution in [-0.2, 0) is 9.59 Å². The molecule has 4 rings (SSSR count). The Balaban J connectivity index is 1.15. The van der Waals surface area contributed by atoms with E-state index >= 15 is 0 Å². The Morgan fingerprint density at radius 1 is 1.19 bits per heavy atom. The van der Waals surface area contributed by atoms with E-state index in [1.165, 1.54) is 0 Å². The first-order valence-electron chi connectivity index (χ1n) is 12.5.